The van der Waals surface area contributed by atoms with Gasteiger partial charge in [-0.3, -0.25) is 0 Å². The Balaban J connectivity index is 3.23. The van der Waals surface area contributed by atoms with Gasteiger partial charge in [-0.2, -0.15) is 5.26 Å². The van der Waals surface area contributed by atoms with E-state index in [1.165, 1.54) is 6.07 Å². The Morgan fingerprint density at radius 3 is 2.53 bits per heavy atom. The zero-order valence-electron chi connectivity index (χ0n) is 6.77. The summed E-state index contributed by atoms with van der Waals surface area (Å²) < 4.78 is 51.5. The standard InChI is InChI=1S/C7HBrF4N2O/c8-6-5(15-7(10,11)12)4(9)3(1-13)2-14-6/h2H. The summed E-state index contributed by atoms with van der Waals surface area (Å²) in [6.07, 6.45) is -4.25. The van der Waals surface area contributed by atoms with E-state index >= 15 is 0 Å². The van der Waals surface area contributed by atoms with Crippen molar-refractivity contribution >= 4 is 15.9 Å². The Labute approximate surface area is 89.4 Å². The molecule has 0 aliphatic heterocycles. The van der Waals surface area contributed by atoms with Gasteiger partial charge in [0.1, 0.15) is 11.6 Å². The monoisotopic (exact) mass is 284 g/mol. The zero-order valence-corrected chi connectivity index (χ0v) is 8.36. The number of rotatable bonds is 1. The summed E-state index contributed by atoms with van der Waals surface area (Å²) in [5, 5.41) is 8.35. The normalized spacial score (nSPS) is 10.9. The Hall–Kier alpha value is -1.36. The second-order valence-electron chi connectivity index (χ2n) is 2.27. The van der Waals surface area contributed by atoms with E-state index in [1.807, 2.05) is 0 Å². The number of nitriles is 1. The number of ether oxygens (including phenoxy) is 1. The number of hydrogen-bond donors (Lipinski definition) is 0. The summed E-state index contributed by atoms with van der Waals surface area (Å²) in [7, 11) is 0. The average Bonchev–Trinajstić information content (AvgIpc) is 2.11. The van der Waals surface area contributed by atoms with Gasteiger partial charge in [0.2, 0.25) is 0 Å². The first-order valence-electron chi connectivity index (χ1n) is 3.35. The van der Waals surface area contributed by atoms with Crippen LogP contribution in [-0.4, -0.2) is 11.3 Å². The molecule has 0 unspecified atom stereocenters. The van der Waals surface area contributed by atoms with Gasteiger partial charge in [0.05, 0.1) is 0 Å². The van der Waals surface area contributed by atoms with E-state index in [9.17, 15) is 17.6 Å². The number of pyridine rings is 1. The van der Waals surface area contributed by atoms with Gasteiger partial charge >= 0.3 is 6.36 Å². The maximum absolute atomic E-state index is 13.1. The quantitative estimate of drug-likeness (QED) is 0.588. The fourth-order valence-electron chi connectivity index (χ4n) is 0.730. The van der Waals surface area contributed by atoms with Crippen molar-refractivity contribution in [3.8, 4) is 11.8 Å². The molecule has 3 nitrogen and oxygen atoms in total. The molecule has 0 N–H and O–H groups in total. The van der Waals surface area contributed by atoms with Crippen molar-refractivity contribution in [1.82, 2.24) is 4.98 Å². The van der Waals surface area contributed by atoms with Crippen LogP contribution in [0.5, 0.6) is 5.75 Å². The predicted octanol–water partition coefficient (Wildman–Crippen LogP) is 2.75. The molecular formula is C7HBrF4N2O. The molecule has 1 heterocycles. The van der Waals surface area contributed by atoms with Crippen LogP contribution in [0.15, 0.2) is 10.8 Å². The van der Waals surface area contributed by atoms with Gasteiger partial charge in [0.25, 0.3) is 0 Å². The molecule has 8 heteroatoms. The smallest absolute Gasteiger partial charge is 0.400 e. The van der Waals surface area contributed by atoms with Crippen LogP contribution in [0.4, 0.5) is 17.6 Å². The largest absolute Gasteiger partial charge is 0.573 e. The first-order valence-corrected chi connectivity index (χ1v) is 4.14. The second-order valence-corrected chi connectivity index (χ2v) is 3.02. The third-order valence-electron chi connectivity index (χ3n) is 1.27. The minimum atomic E-state index is -5.04. The third kappa shape index (κ3) is 2.79. The molecular weight excluding hydrogens is 284 g/mol. The van der Waals surface area contributed by atoms with E-state index in [-0.39, 0.29) is 0 Å². The Bertz CT molecular complexity index is 426. The molecule has 0 bridgehead atoms. The highest BCUT2D eigenvalue weighted by Crippen LogP contribution is 2.32. The lowest BCUT2D eigenvalue weighted by Gasteiger charge is -2.10. The molecule has 0 atom stereocenters. The molecule has 0 amide bonds. The van der Waals surface area contributed by atoms with Gasteiger partial charge in [0, 0.05) is 6.20 Å². The number of alkyl halides is 3. The van der Waals surface area contributed by atoms with Crippen molar-refractivity contribution in [2.75, 3.05) is 0 Å². The number of hydrogen-bond acceptors (Lipinski definition) is 3. The van der Waals surface area contributed by atoms with E-state index < -0.39 is 28.1 Å². The summed E-state index contributed by atoms with van der Waals surface area (Å²) in [5.74, 6) is -2.56. The van der Waals surface area contributed by atoms with Crippen LogP contribution in [0.25, 0.3) is 0 Å². The molecule has 1 rings (SSSR count). The maximum Gasteiger partial charge on any atom is 0.573 e. The highest BCUT2D eigenvalue weighted by molar-refractivity contribution is 9.10. The maximum atomic E-state index is 13.1. The van der Waals surface area contributed by atoms with Gasteiger partial charge < -0.3 is 4.74 Å². The van der Waals surface area contributed by atoms with Crippen molar-refractivity contribution in [3.63, 3.8) is 0 Å². The number of halogens is 5. The first kappa shape index (κ1) is 11.7. The van der Waals surface area contributed by atoms with Gasteiger partial charge in [-0.15, -0.1) is 13.2 Å². The van der Waals surface area contributed by atoms with Crippen LogP contribution in [-0.2, 0) is 0 Å². The summed E-state index contributed by atoms with van der Waals surface area (Å²) in [4.78, 5) is 3.32. The lowest BCUT2D eigenvalue weighted by Crippen LogP contribution is -2.19. The number of aromatic nitrogens is 1. The summed E-state index contributed by atoms with van der Waals surface area (Å²) in [5.41, 5.74) is -0.627. The number of nitrogens with zero attached hydrogens (tertiary/aromatic N) is 2. The second kappa shape index (κ2) is 4.02. The fraction of sp³-hybridized carbons (Fsp3) is 0.143. The molecule has 0 aliphatic carbocycles. The van der Waals surface area contributed by atoms with E-state index in [0.717, 1.165) is 6.20 Å². The van der Waals surface area contributed by atoms with E-state index in [2.05, 4.69) is 25.7 Å². The minimum Gasteiger partial charge on any atom is -0.400 e. The molecule has 0 radical (unpaired) electrons. The van der Waals surface area contributed by atoms with Gasteiger partial charge in [-0.1, -0.05) is 0 Å². The van der Waals surface area contributed by atoms with Gasteiger partial charge in [-0.25, -0.2) is 9.37 Å². The zero-order chi connectivity index (χ0) is 11.6. The average molecular weight is 285 g/mol. The molecule has 80 valence electrons. The molecule has 0 spiro atoms. The minimum absolute atomic E-state index is 0.462. The van der Waals surface area contributed by atoms with Crippen LogP contribution in [0.2, 0.25) is 0 Å². The van der Waals surface area contributed by atoms with Crippen LogP contribution in [0.1, 0.15) is 5.56 Å². The molecule has 0 saturated heterocycles. The summed E-state index contributed by atoms with van der Waals surface area (Å²) in [6.45, 7) is 0. The SMILES string of the molecule is N#Cc1cnc(Br)c(OC(F)(F)F)c1F. The highest BCUT2D eigenvalue weighted by Gasteiger charge is 2.34. The van der Waals surface area contributed by atoms with E-state index in [0.29, 0.717) is 0 Å². The van der Waals surface area contributed by atoms with Crippen molar-refractivity contribution < 1.29 is 22.3 Å². The lowest BCUT2D eigenvalue weighted by atomic mass is 10.3. The van der Waals surface area contributed by atoms with E-state index in [1.54, 1.807) is 0 Å². The van der Waals surface area contributed by atoms with Crippen molar-refractivity contribution in [1.29, 1.82) is 5.26 Å². The molecule has 15 heavy (non-hydrogen) atoms. The van der Waals surface area contributed by atoms with Gasteiger partial charge in [-0.05, 0) is 15.9 Å². The Morgan fingerprint density at radius 2 is 2.07 bits per heavy atom. The van der Waals surface area contributed by atoms with Crippen molar-refractivity contribution in [2.45, 2.75) is 6.36 Å². The Morgan fingerprint density at radius 1 is 1.47 bits per heavy atom. The topological polar surface area (TPSA) is 45.9 Å². The van der Waals surface area contributed by atoms with Crippen molar-refractivity contribution in [3.05, 3.63) is 22.2 Å². The van der Waals surface area contributed by atoms with Crippen LogP contribution < -0.4 is 4.74 Å². The lowest BCUT2D eigenvalue weighted by molar-refractivity contribution is -0.276. The van der Waals surface area contributed by atoms with Gasteiger partial charge in [0.15, 0.2) is 16.2 Å². The molecule has 0 saturated carbocycles. The molecule has 1 aromatic rings. The summed E-state index contributed by atoms with van der Waals surface area (Å²) >= 11 is 2.58. The van der Waals surface area contributed by atoms with E-state index in [4.69, 9.17) is 5.26 Å². The van der Waals surface area contributed by atoms with Crippen LogP contribution in [0.3, 0.4) is 0 Å². The summed E-state index contributed by atoms with van der Waals surface area (Å²) in [6, 6.07) is 1.34. The van der Waals surface area contributed by atoms with Crippen LogP contribution in [0, 0.1) is 17.1 Å². The first-order chi connectivity index (χ1) is 6.85. The predicted molar refractivity (Wildman–Crippen MR) is 43.3 cm³/mol. The van der Waals surface area contributed by atoms with Crippen LogP contribution >= 0.6 is 15.9 Å². The molecule has 1 aromatic heterocycles. The highest BCUT2D eigenvalue weighted by atomic mass is 79.9. The molecule has 0 aliphatic rings. The fourth-order valence-corrected chi connectivity index (χ4v) is 1.09. The molecule has 0 fully saturated rings. The Kier molecular flexibility index (Phi) is 3.14. The molecule has 0 aromatic carbocycles. The third-order valence-corrected chi connectivity index (χ3v) is 1.83. The van der Waals surface area contributed by atoms with Crippen molar-refractivity contribution in [2.24, 2.45) is 0 Å².